The Morgan fingerprint density at radius 1 is 1.23 bits per heavy atom. The molecule has 0 bridgehead atoms. The highest BCUT2D eigenvalue weighted by Crippen LogP contribution is 2.28. The van der Waals surface area contributed by atoms with E-state index in [1.165, 1.54) is 16.8 Å². The Morgan fingerprint density at radius 3 is 2.62 bits per heavy atom. The predicted octanol–water partition coefficient (Wildman–Crippen LogP) is 2.78. The molecule has 2 atom stereocenters. The zero-order valence-corrected chi connectivity index (χ0v) is 17.3. The van der Waals surface area contributed by atoms with E-state index in [-0.39, 0.29) is 16.8 Å². The van der Waals surface area contributed by atoms with E-state index in [1.807, 2.05) is 0 Å². The first-order valence-corrected chi connectivity index (χ1v) is 11.3. The number of hydrogen-bond donors (Lipinski definition) is 1. The lowest BCUT2D eigenvalue weighted by atomic mass is 9.86. The third kappa shape index (κ3) is 4.30. The number of nitrogens with one attached hydrogen (secondary N) is 1. The molecule has 0 aromatic heterocycles. The van der Waals surface area contributed by atoms with E-state index in [1.54, 1.807) is 12.1 Å². The number of morpholine rings is 1. The van der Waals surface area contributed by atoms with Gasteiger partial charge in [-0.25, -0.2) is 8.42 Å². The van der Waals surface area contributed by atoms with Crippen LogP contribution < -0.4 is 5.32 Å². The molecule has 0 radical (unpaired) electrons. The van der Waals surface area contributed by atoms with Crippen LogP contribution >= 0.6 is 15.9 Å². The van der Waals surface area contributed by atoms with Crippen molar-refractivity contribution < 1.29 is 17.9 Å². The first-order chi connectivity index (χ1) is 12.4. The second kappa shape index (κ2) is 8.37. The van der Waals surface area contributed by atoms with Gasteiger partial charge in [0, 0.05) is 29.2 Å². The number of benzene rings is 1. The summed E-state index contributed by atoms with van der Waals surface area (Å²) in [5.41, 5.74) is 0.373. The first kappa shape index (κ1) is 19.8. The monoisotopic (exact) mass is 444 g/mol. The van der Waals surface area contributed by atoms with Gasteiger partial charge in [-0.3, -0.25) is 4.79 Å². The molecule has 8 heteroatoms. The number of halogens is 1. The van der Waals surface area contributed by atoms with E-state index in [9.17, 15) is 13.2 Å². The van der Waals surface area contributed by atoms with E-state index in [4.69, 9.17) is 4.74 Å². The molecule has 2 aliphatic rings. The standard InChI is InChI=1S/C18H25BrN2O4S/c1-13-4-2-3-5-16(13)20-18(22)14-6-7-15(19)17(12-14)26(23,24)21-8-10-25-11-9-21/h6-7,12-13,16H,2-5,8-11H2,1H3,(H,20,22). The highest BCUT2D eigenvalue weighted by molar-refractivity contribution is 9.10. The molecule has 1 aromatic rings. The van der Waals surface area contributed by atoms with Crippen molar-refractivity contribution in [3.05, 3.63) is 28.2 Å². The van der Waals surface area contributed by atoms with Crippen molar-refractivity contribution in [1.82, 2.24) is 9.62 Å². The average Bonchev–Trinajstić information content (AvgIpc) is 2.64. The Labute approximate surface area is 163 Å². The van der Waals surface area contributed by atoms with Gasteiger partial charge in [0.1, 0.15) is 0 Å². The summed E-state index contributed by atoms with van der Waals surface area (Å²) in [5, 5.41) is 3.08. The molecule has 1 aliphatic heterocycles. The fraction of sp³-hybridized carbons (Fsp3) is 0.611. The van der Waals surface area contributed by atoms with Gasteiger partial charge in [0.15, 0.2) is 0 Å². The van der Waals surface area contributed by atoms with Crippen molar-refractivity contribution in [3.8, 4) is 0 Å². The van der Waals surface area contributed by atoms with Gasteiger partial charge in [0.2, 0.25) is 10.0 Å². The number of rotatable bonds is 4. The van der Waals surface area contributed by atoms with Crippen molar-refractivity contribution >= 4 is 31.9 Å². The van der Waals surface area contributed by atoms with Crippen LogP contribution in [0.1, 0.15) is 43.0 Å². The van der Waals surface area contributed by atoms with Crippen molar-refractivity contribution in [2.75, 3.05) is 26.3 Å². The highest BCUT2D eigenvalue weighted by Gasteiger charge is 2.29. The minimum Gasteiger partial charge on any atom is -0.379 e. The van der Waals surface area contributed by atoms with E-state index < -0.39 is 10.0 Å². The summed E-state index contributed by atoms with van der Waals surface area (Å²) in [6.45, 7) is 3.57. The third-order valence-corrected chi connectivity index (χ3v) is 8.10. The zero-order valence-electron chi connectivity index (χ0n) is 14.9. The molecule has 1 amide bonds. The Morgan fingerprint density at radius 2 is 1.92 bits per heavy atom. The molecule has 1 heterocycles. The number of carbonyl (C=O) groups is 1. The van der Waals surface area contributed by atoms with Crippen molar-refractivity contribution in [2.24, 2.45) is 5.92 Å². The number of hydrogen-bond acceptors (Lipinski definition) is 4. The number of ether oxygens (including phenoxy) is 1. The van der Waals surface area contributed by atoms with Crippen molar-refractivity contribution in [2.45, 2.75) is 43.5 Å². The lowest BCUT2D eigenvalue weighted by Crippen LogP contribution is -2.41. The van der Waals surface area contributed by atoms with E-state index >= 15 is 0 Å². The van der Waals surface area contributed by atoms with Crippen LogP contribution in [0.25, 0.3) is 0 Å². The summed E-state index contributed by atoms with van der Waals surface area (Å²) in [5.74, 6) is 0.231. The second-order valence-electron chi connectivity index (χ2n) is 7.00. The van der Waals surface area contributed by atoms with Crippen LogP contribution in [0.3, 0.4) is 0 Å². The molecule has 3 rings (SSSR count). The van der Waals surface area contributed by atoms with Gasteiger partial charge in [-0.15, -0.1) is 0 Å². The van der Waals surface area contributed by atoms with E-state index in [0.717, 1.165) is 19.3 Å². The maximum Gasteiger partial charge on any atom is 0.251 e. The number of sulfonamides is 1. The van der Waals surface area contributed by atoms with Crippen LogP contribution in [0, 0.1) is 5.92 Å². The Kier molecular flexibility index (Phi) is 6.37. The van der Waals surface area contributed by atoms with Crippen molar-refractivity contribution in [3.63, 3.8) is 0 Å². The highest BCUT2D eigenvalue weighted by atomic mass is 79.9. The van der Waals surface area contributed by atoms with Crippen LogP contribution in [-0.4, -0.2) is 51.0 Å². The number of carbonyl (C=O) groups excluding carboxylic acids is 1. The van der Waals surface area contributed by atoms with Gasteiger partial charge in [0.25, 0.3) is 5.91 Å². The van der Waals surface area contributed by atoms with Crippen LogP contribution in [0.5, 0.6) is 0 Å². The van der Waals surface area contributed by atoms with Crippen LogP contribution in [0.4, 0.5) is 0 Å². The lowest BCUT2D eigenvalue weighted by Gasteiger charge is -2.29. The largest absolute Gasteiger partial charge is 0.379 e. The fourth-order valence-electron chi connectivity index (χ4n) is 3.55. The van der Waals surface area contributed by atoms with Crippen LogP contribution in [-0.2, 0) is 14.8 Å². The molecule has 144 valence electrons. The summed E-state index contributed by atoms with van der Waals surface area (Å²) >= 11 is 3.32. The average molecular weight is 445 g/mol. The molecule has 2 fully saturated rings. The fourth-order valence-corrected chi connectivity index (χ4v) is 5.91. The quantitative estimate of drug-likeness (QED) is 0.774. The van der Waals surface area contributed by atoms with Crippen LogP contribution in [0.15, 0.2) is 27.6 Å². The summed E-state index contributed by atoms with van der Waals surface area (Å²) in [6.07, 6.45) is 4.41. The summed E-state index contributed by atoms with van der Waals surface area (Å²) < 4.78 is 33.0. The van der Waals surface area contributed by atoms with Crippen LogP contribution in [0.2, 0.25) is 0 Å². The molecule has 1 saturated heterocycles. The predicted molar refractivity (Wildman–Crippen MR) is 103 cm³/mol. The maximum atomic E-state index is 12.9. The Bertz CT molecular complexity index is 762. The van der Waals surface area contributed by atoms with Crippen molar-refractivity contribution in [1.29, 1.82) is 0 Å². The minimum absolute atomic E-state index is 0.128. The zero-order chi connectivity index (χ0) is 18.7. The third-order valence-electron chi connectivity index (χ3n) is 5.21. The molecular weight excluding hydrogens is 420 g/mol. The molecule has 1 aromatic carbocycles. The second-order valence-corrected chi connectivity index (χ2v) is 9.76. The van der Waals surface area contributed by atoms with Gasteiger partial charge in [0.05, 0.1) is 18.1 Å². The molecule has 1 saturated carbocycles. The van der Waals surface area contributed by atoms with Gasteiger partial charge in [-0.05, 0) is 52.9 Å². The lowest BCUT2D eigenvalue weighted by molar-refractivity contribution is 0.0730. The van der Waals surface area contributed by atoms with E-state index in [0.29, 0.717) is 42.3 Å². The molecular formula is C18H25BrN2O4S. The topological polar surface area (TPSA) is 75.7 Å². The molecule has 1 N–H and O–H groups in total. The summed E-state index contributed by atoms with van der Waals surface area (Å²) in [4.78, 5) is 12.8. The molecule has 26 heavy (non-hydrogen) atoms. The normalized spacial score (nSPS) is 25.0. The summed E-state index contributed by atoms with van der Waals surface area (Å²) in [6, 6.07) is 4.91. The number of amides is 1. The SMILES string of the molecule is CC1CCCCC1NC(=O)c1ccc(Br)c(S(=O)(=O)N2CCOCC2)c1. The molecule has 0 spiro atoms. The van der Waals surface area contributed by atoms with Gasteiger partial charge in [-0.1, -0.05) is 19.8 Å². The Balaban J connectivity index is 1.81. The Hall–Kier alpha value is -0.960. The summed E-state index contributed by atoms with van der Waals surface area (Å²) in [7, 11) is -3.67. The van der Waals surface area contributed by atoms with Gasteiger partial charge in [-0.2, -0.15) is 4.31 Å². The van der Waals surface area contributed by atoms with Gasteiger partial charge >= 0.3 is 0 Å². The molecule has 6 nitrogen and oxygen atoms in total. The smallest absolute Gasteiger partial charge is 0.251 e. The first-order valence-electron chi connectivity index (χ1n) is 9.08. The molecule has 1 aliphatic carbocycles. The van der Waals surface area contributed by atoms with E-state index in [2.05, 4.69) is 28.2 Å². The minimum atomic E-state index is -3.67. The van der Waals surface area contributed by atoms with Gasteiger partial charge < -0.3 is 10.1 Å². The maximum absolute atomic E-state index is 12.9. The molecule has 2 unspecified atom stereocenters. The number of nitrogens with zero attached hydrogens (tertiary/aromatic N) is 1.